The van der Waals surface area contributed by atoms with E-state index in [0.717, 1.165) is 0 Å². The molecule has 0 aromatic rings. The van der Waals surface area contributed by atoms with Crippen molar-refractivity contribution < 1.29 is 0 Å². The Morgan fingerprint density at radius 3 is 1.50 bits per heavy atom. The molecule has 0 aromatic heterocycles. The Bertz CT molecular complexity index is 40.5. The van der Waals surface area contributed by atoms with Gasteiger partial charge in [-0.25, -0.2) is 11.5 Å². The summed E-state index contributed by atoms with van der Waals surface area (Å²) in [4.78, 5) is 0. The lowest BCUT2D eigenvalue weighted by Gasteiger charge is -2.06. The molecular formula is C3H9BClSi. The Morgan fingerprint density at radius 1 is 1.33 bits per heavy atom. The van der Waals surface area contributed by atoms with E-state index in [1.54, 1.807) is 6.29 Å². The zero-order chi connectivity index (χ0) is 5.21. The molecule has 0 aliphatic rings. The van der Waals surface area contributed by atoms with Crippen molar-refractivity contribution in [2.24, 2.45) is 0 Å². The van der Waals surface area contributed by atoms with Crippen molar-refractivity contribution in [2.45, 2.75) is 19.6 Å². The molecule has 0 rings (SSSR count). The lowest BCUT2D eigenvalue weighted by molar-refractivity contribution is 1.87. The minimum absolute atomic E-state index is 0.991. The molecule has 0 aliphatic carbocycles. The molecule has 0 aliphatic heterocycles. The van der Waals surface area contributed by atoms with E-state index in [4.69, 9.17) is 11.5 Å². The average molecular weight is 119 g/mol. The van der Waals surface area contributed by atoms with Gasteiger partial charge in [-0.3, -0.25) is 0 Å². The van der Waals surface area contributed by atoms with Gasteiger partial charge in [-0.1, -0.05) is 19.6 Å². The van der Waals surface area contributed by atoms with Gasteiger partial charge in [-0.2, -0.15) is 0 Å². The van der Waals surface area contributed by atoms with Gasteiger partial charge in [-0.05, 0) is 0 Å². The smallest absolute Gasteiger partial charge is 0.208 e. The third kappa shape index (κ3) is 4.57. The van der Waals surface area contributed by atoms with Gasteiger partial charge in [-0.15, -0.1) is 0 Å². The van der Waals surface area contributed by atoms with Crippen LogP contribution in [0.4, 0.5) is 0 Å². The fourth-order valence-corrected chi connectivity index (χ4v) is 0. The average Bonchev–Trinajstić information content (AvgIpc) is 1.35. The largest absolute Gasteiger partial charge is 0.227 e. The molecule has 0 bridgehead atoms. The number of hydrogen-bond donors (Lipinski definition) is 0. The van der Waals surface area contributed by atoms with Crippen molar-refractivity contribution in [3.63, 3.8) is 0 Å². The summed E-state index contributed by atoms with van der Waals surface area (Å²) in [7, 11) is -0.991. The van der Waals surface area contributed by atoms with Crippen LogP contribution in [0.2, 0.25) is 19.6 Å². The normalized spacial score (nSPS) is 11.3. The molecular weight excluding hydrogens is 110 g/mol. The van der Waals surface area contributed by atoms with E-state index < -0.39 is 7.94 Å². The quantitative estimate of drug-likeness (QED) is 0.461. The molecule has 0 fully saturated rings. The summed E-state index contributed by atoms with van der Waals surface area (Å²) in [6.45, 7) is 6.58. The van der Waals surface area contributed by atoms with Crippen LogP contribution in [0.25, 0.3) is 0 Å². The fraction of sp³-hybridized carbons (Fsp3) is 1.00. The zero-order valence-corrected chi connectivity index (χ0v) is 6.21. The van der Waals surface area contributed by atoms with E-state index in [0.29, 0.717) is 0 Å². The lowest BCUT2D eigenvalue weighted by Crippen LogP contribution is -2.25. The molecule has 0 nitrogen and oxygen atoms in total. The maximum absolute atomic E-state index is 5.41. The monoisotopic (exact) mass is 119 g/mol. The van der Waals surface area contributed by atoms with Crippen LogP contribution in [0.1, 0.15) is 0 Å². The Balaban J connectivity index is 3.17. The third-order valence-electron chi connectivity index (χ3n) is 0.327. The predicted molar refractivity (Wildman–Crippen MR) is 35.0 cm³/mol. The van der Waals surface area contributed by atoms with Gasteiger partial charge in [0, 0.05) is 7.94 Å². The van der Waals surface area contributed by atoms with E-state index in [2.05, 4.69) is 19.6 Å². The first-order chi connectivity index (χ1) is 2.56. The van der Waals surface area contributed by atoms with Crippen molar-refractivity contribution in [1.82, 2.24) is 0 Å². The van der Waals surface area contributed by atoms with Crippen LogP contribution in [-0.4, -0.2) is 14.2 Å². The maximum atomic E-state index is 5.41. The second-order valence-electron chi connectivity index (χ2n) is 2.48. The standard InChI is InChI=1S/C3H9BClSi/c1-6(2,3)4-5/h1-3H3. The molecule has 6 heavy (non-hydrogen) atoms. The lowest BCUT2D eigenvalue weighted by atomic mass is 10.7. The highest BCUT2D eigenvalue weighted by atomic mass is 35.5. The maximum Gasteiger partial charge on any atom is 0.227 e. The topological polar surface area (TPSA) is 0 Å². The molecule has 0 saturated heterocycles. The second kappa shape index (κ2) is 2.03. The summed E-state index contributed by atoms with van der Waals surface area (Å²) >= 11 is 5.41. The van der Waals surface area contributed by atoms with Crippen molar-refractivity contribution in [2.75, 3.05) is 0 Å². The predicted octanol–water partition coefficient (Wildman–Crippen LogP) is 1.68. The van der Waals surface area contributed by atoms with Gasteiger partial charge in [0.25, 0.3) is 0 Å². The van der Waals surface area contributed by atoms with Gasteiger partial charge in [0.15, 0.2) is 0 Å². The zero-order valence-electron chi connectivity index (χ0n) is 4.46. The van der Waals surface area contributed by atoms with Crippen LogP contribution >= 0.6 is 11.5 Å². The molecule has 0 spiro atoms. The summed E-state index contributed by atoms with van der Waals surface area (Å²) in [6.07, 6.45) is 1.80. The molecule has 1 radical (unpaired) electrons. The van der Waals surface area contributed by atoms with Crippen LogP contribution in [0.5, 0.6) is 0 Å². The van der Waals surface area contributed by atoms with E-state index in [9.17, 15) is 0 Å². The fourth-order valence-electron chi connectivity index (χ4n) is 0. The van der Waals surface area contributed by atoms with Crippen LogP contribution in [0.15, 0.2) is 0 Å². The van der Waals surface area contributed by atoms with Gasteiger partial charge in [0.1, 0.15) is 0 Å². The molecule has 0 heterocycles. The molecule has 0 saturated carbocycles. The van der Waals surface area contributed by atoms with E-state index in [1.165, 1.54) is 0 Å². The van der Waals surface area contributed by atoms with Crippen molar-refractivity contribution in [3.05, 3.63) is 0 Å². The van der Waals surface area contributed by atoms with Gasteiger partial charge in [0.2, 0.25) is 6.29 Å². The first kappa shape index (κ1) is 6.57. The van der Waals surface area contributed by atoms with Crippen molar-refractivity contribution in [3.8, 4) is 0 Å². The minimum atomic E-state index is -0.991. The molecule has 35 valence electrons. The number of halogens is 1. The van der Waals surface area contributed by atoms with Crippen LogP contribution in [0, 0.1) is 0 Å². The van der Waals surface area contributed by atoms with Gasteiger partial charge in [0.05, 0.1) is 0 Å². The van der Waals surface area contributed by atoms with E-state index >= 15 is 0 Å². The number of hydrogen-bond acceptors (Lipinski definition) is 0. The Hall–Kier alpha value is 0.572. The van der Waals surface area contributed by atoms with Crippen LogP contribution in [0.3, 0.4) is 0 Å². The Morgan fingerprint density at radius 2 is 1.50 bits per heavy atom. The van der Waals surface area contributed by atoms with Gasteiger partial charge < -0.3 is 0 Å². The summed E-state index contributed by atoms with van der Waals surface area (Å²) in [6, 6.07) is 0. The Labute approximate surface area is 46.0 Å². The minimum Gasteiger partial charge on any atom is -0.208 e. The summed E-state index contributed by atoms with van der Waals surface area (Å²) in [5, 5.41) is 0. The molecule has 0 N–H and O–H groups in total. The molecule has 0 atom stereocenters. The summed E-state index contributed by atoms with van der Waals surface area (Å²) in [5.74, 6) is 0. The van der Waals surface area contributed by atoms with Crippen LogP contribution < -0.4 is 0 Å². The Kier molecular flexibility index (Phi) is 2.22. The highest BCUT2D eigenvalue weighted by molar-refractivity contribution is 7.40. The molecule has 3 heteroatoms. The SMILES string of the molecule is C[Si](C)(C)[B]Cl. The molecule has 0 amide bonds. The second-order valence-corrected chi connectivity index (χ2v) is 8.08. The third-order valence-corrected chi connectivity index (χ3v) is 2.95. The highest BCUT2D eigenvalue weighted by Crippen LogP contribution is 1.97. The summed E-state index contributed by atoms with van der Waals surface area (Å²) < 4.78 is 0. The highest BCUT2D eigenvalue weighted by Gasteiger charge is 2.10. The van der Waals surface area contributed by atoms with Crippen molar-refractivity contribution in [1.29, 1.82) is 0 Å². The number of rotatable bonds is 1. The van der Waals surface area contributed by atoms with E-state index in [1.807, 2.05) is 0 Å². The van der Waals surface area contributed by atoms with E-state index in [-0.39, 0.29) is 0 Å². The molecule has 0 aromatic carbocycles. The summed E-state index contributed by atoms with van der Waals surface area (Å²) in [5.41, 5.74) is 0. The molecule has 0 unspecified atom stereocenters. The van der Waals surface area contributed by atoms with Crippen LogP contribution in [-0.2, 0) is 0 Å². The first-order valence-corrected chi connectivity index (χ1v) is 6.02. The van der Waals surface area contributed by atoms with Crippen molar-refractivity contribution >= 4 is 25.7 Å². The first-order valence-electron chi connectivity index (χ1n) is 2.01. The van der Waals surface area contributed by atoms with Gasteiger partial charge >= 0.3 is 0 Å².